The maximum absolute atomic E-state index is 12.2. The summed E-state index contributed by atoms with van der Waals surface area (Å²) in [6, 6.07) is 6.57. The second-order valence-corrected chi connectivity index (χ2v) is 8.75. The van der Waals surface area contributed by atoms with Crippen LogP contribution in [0.5, 0.6) is 5.75 Å². The molecule has 3 aromatic heterocycles. The number of thiazole rings is 1. The number of aromatic nitrogens is 5. The summed E-state index contributed by atoms with van der Waals surface area (Å²) < 4.78 is 9.21. The molecule has 0 saturated heterocycles. The molecule has 0 unspecified atom stereocenters. The molecule has 0 fully saturated rings. The van der Waals surface area contributed by atoms with E-state index in [0.717, 1.165) is 0 Å². The van der Waals surface area contributed by atoms with Gasteiger partial charge in [-0.15, -0.1) is 28.1 Å². The number of benzene rings is 1. The highest BCUT2D eigenvalue weighted by molar-refractivity contribution is 7.98. The Balaban J connectivity index is 1.50. The number of allylic oxidation sites excluding steroid dienone is 1. The van der Waals surface area contributed by atoms with Gasteiger partial charge >= 0.3 is 0 Å². The van der Waals surface area contributed by atoms with E-state index in [9.17, 15) is 4.79 Å². The van der Waals surface area contributed by atoms with Gasteiger partial charge in [0, 0.05) is 35.0 Å². The SMILES string of the molecule is C=CCn1c(COc2ccc(Cl)cc2Cl)nnc1SCc1cc(=O)n2ccsc2n1. The van der Waals surface area contributed by atoms with Crippen LogP contribution in [-0.4, -0.2) is 24.1 Å². The largest absolute Gasteiger partial charge is 0.484 e. The van der Waals surface area contributed by atoms with E-state index in [1.165, 1.54) is 33.6 Å². The Morgan fingerprint density at radius 1 is 1.27 bits per heavy atom. The van der Waals surface area contributed by atoms with Gasteiger partial charge < -0.3 is 4.74 Å². The van der Waals surface area contributed by atoms with Crippen molar-refractivity contribution in [2.24, 2.45) is 0 Å². The Bertz CT molecular complexity index is 1270. The standard InChI is InChI=1S/C19H15Cl2N5O2S2/c1-2-5-25-16(10-28-15-4-3-12(20)8-14(15)21)23-24-19(25)30-11-13-9-17(27)26-6-7-29-18(26)22-13/h2-4,6-9H,1,5,10-11H2. The quantitative estimate of drug-likeness (QED) is 0.269. The van der Waals surface area contributed by atoms with Crippen molar-refractivity contribution in [3.05, 3.63) is 80.4 Å². The lowest BCUT2D eigenvalue weighted by Gasteiger charge is -2.10. The van der Waals surface area contributed by atoms with Crippen molar-refractivity contribution in [1.29, 1.82) is 0 Å². The molecule has 30 heavy (non-hydrogen) atoms. The molecule has 0 aliphatic carbocycles. The maximum atomic E-state index is 12.2. The number of thioether (sulfide) groups is 1. The summed E-state index contributed by atoms with van der Waals surface area (Å²) in [5.41, 5.74) is 0.588. The Labute approximate surface area is 190 Å². The van der Waals surface area contributed by atoms with Gasteiger partial charge in [-0.1, -0.05) is 41.0 Å². The predicted molar refractivity (Wildman–Crippen MR) is 120 cm³/mol. The topological polar surface area (TPSA) is 74.3 Å². The maximum Gasteiger partial charge on any atom is 0.258 e. The molecule has 3 heterocycles. The molecule has 4 rings (SSSR count). The highest BCUT2D eigenvalue weighted by atomic mass is 35.5. The molecule has 0 aliphatic rings. The van der Waals surface area contributed by atoms with Gasteiger partial charge in [0.1, 0.15) is 12.4 Å². The lowest BCUT2D eigenvalue weighted by Crippen LogP contribution is -2.12. The summed E-state index contributed by atoms with van der Waals surface area (Å²) >= 11 is 14.9. The number of nitrogens with zero attached hydrogens (tertiary/aromatic N) is 5. The molecule has 0 saturated carbocycles. The number of ether oxygens (including phenoxy) is 1. The lowest BCUT2D eigenvalue weighted by molar-refractivity contribution is 0.289. The van der Waals surface area contributed by atoms with Gasteiger partial charge in [0.25, 0.3) is 5.56 Å². The number of fused-ring (bicyclic) bond motifs is 1. The highest BCUT2D eigenvalue weighted by Gasteiger charge is 2.14. The normalized spacial score (nSPS) is 11.1. The fraction of sp³-hybridized carbons (Fsp3) is 0.158. The molecule has 154 valence electrons. The van der Waals surface area contributed by atoms with E-state index in [-0.39, 0.29) is 12.2 Å². The fourth-order valence-electron chi connectivity index (χ4n) is 2.68. The number of rotatable bonds is 8. The molecule has 1 aromatic carbocycles. The average molecular weight is 480 g/mol. The van der Waals surface area contributed by atoms with Crippen molar-refractivity contribution in [3.63, 3.8) is 0 Å². The minimum Gasteiger partial charge on any atom is -0.484 e. The van der Waals surface area contributed by atoms with Gasteiger partial charge in [0.05, 0.1) is 10.7 Å². The summed E-state index contributed by atoms with van der Waals surface area (Å²) in [6.45, 7) is 4.50. The van der Waals surface area contributed by atoms with Gasteiger partial charge in [-0.2, -0.15) is 0 Å². The van der Waals surface area contributed by atoms with Crippen LogP contribution in [0.3, 0.4) is 0 Å². The lowest BCUT2D eigenvalue weighted by atomic mass is 10.3. The van der Waals surface area contributed by atoms with Crippen molar-refractivity contribution in [3.8, 4) is 5.75 Å². The third-order valence-electron chi connectivity index (χ3n) is 4.06. The molecule has 7 nitrogen and oxygen atoms in total. The van der Waals surface area contributed by atoms with Crippen LogP contribution in [0.15, 0.2) is 58.4 Å². The van der Waals surface area contributed by atoms with Crippen LogP contribution in [0, 0.1) is 0 Å². The molecule has 0 amide bonds. The number of halogens is 2. The van der Waals surface area contributed by atoms with Gasteiger partial charge in [-0.3, -0.25) is 13.8 Å². The zero-order valence-corrected chi connectivity index (χ0v) is 18.6. The van der Waals surface area contributed by atoms with Crippen molar-refractivity contribution in [1.82, 2.24) is 24.1 Å². The third-order valence-corrected chi connectivity index (χ3v) is 6.35. The Hall–Kier alpha value is -2.33. The smallest absolute Gasteiger partial charge is 0.258 e. The Morgan fingerprint density at radius 2 is 2.13 bits per heavy atom. The summed E-state index contributed by atoms with van der Waals surface area (Å²) in [4.78, 5) is 17.3. The molecule has 0 N–H and O–H groups in total. The van der Waals surface area contributed by atoms with E-state index in [1.807, 2.05) is 9.95 Å². The molecule has 0 spiro atoms. The van der Waals surface area contributed by atoms with Crippen molar-refractivity contribution in [2.75, 3.05) is 0 Å². The monoisotopic (exact) mass is 479 g/mol. The van der Waals surface area contributed by atoms with Crippen molar-refractivity contribution in [2.45, 2.75) is 24.1 Å². The van der Waals surface area contributed by atoms with Crippen LogP contribution >= 0.6 is 46.3 Å². The van der Waals surface area contributed by atoms with Gasteiger partial charge in [-0.05, 0) is 18.2 Å². The summed E-state index contributed by atoms with van der Waals surface area (Å²) in [7, 11) is 0. The average Bonchev–Trinajstić information content (AvgIpc) is 3.34. The van der Waals surface area contributed by atoms with Gasteiger partial charge in [0.2, 0.25) is 0 Å². The zero-order chi connectivity index (χ0) is 21.1. The zero-order valence-electron chi connectivity index (χ0n) is 15.5. The molecule has 0 atom stereocenters. The molecule has 4 aromatic rings. The van der Waals surface area contributed by atoms with Crippen molar-refractivity contribution >= 4 is 51.3 Å². The van der Waals surface area contributed by atoms with Gasteiger partial charge in [0.15, 0.2) is 15.9 Å². The summed E-state index contributed by atoms with van der Waals surface area (Å²) in [6.07, 6.45) is 3.47. The fourth-order valence-corrected chi connectivity index (χ4v) is 4.74. The molecule has 0 aliphatic heterocycles. The molecule has 0 bridgehead atoms. The first kappa shape index (κ1) is 20.9. The minimum absolute atomic E-state index is 0.0988. The van der Waals surface area contributed by atoms with E-state index in [2.05, 4.69) is 21.8 Å². The van der Waals surface area contributed by atoms with Crippen LogP contribution in [0.2, 0.25) is 10.0 Å². The molecular formula is C19H15Cl2N5O2S2. The Kier molecular flexibility index (Phi) is 6.43. The first-order valence-corrected chi connectivity index (χ1v) is 11.4. The predicted octanol–water partition coefficient (Wildman–Crippen LogP) is 4.71. The molecular weight excluding hydrogens is 465 g/mol. The van der Waals surface area contributed by atoms with Crippen LogP contribution in [-0.2, 0) is 18.9 Å². The second kappa shape index (κ2) is 9.22. The molecule has 0 radical (unpaired) electrons. The highest BCUT2D eigenvalue weighted by Crippen LogP contribution is 2.28. The molecule has 11 heteroatoms. The van der Waals surface area contributed by atoms with E-state index < -0.39 is 0 Å². The minimum atomic E-state index is -0.0988. The summed E-state index contributed by atoms with van der Waals surface area (Å²) in [5.74, 6) is 1.63. The van der Waals surface area contributed by atoms with Gasteiger partial charge in [-0.25, -0.2) is 4.98 Å². The Morgan fingerprint density at radius 3 is 2.93 bits per heavy atom. The number of hydrogen-bond acceptors (Lipinski definition) is 7. The number of hydrogen-bond donors (Lipinski definition) is 0. The van der Waals surface area contributed by atoms with Crippen LogP contribution in [0.1, 0.15) is 11.5 Å². The third kappa shape index (κ3) is 4.54. The van der Waals surface area contributed by atoms with E-state index in [1.54, 1.807) is 30.5 Å². The van der Waals surface area contributed by atoms with E-state index in [0.29, 0.717) is 49.7 Å². The van der Waals surface area contributed by atoms with Crippen molar-refractivity contribution < 1.29 is 4.74 Å². The van der Waals surface area contributed by atoms with Crippen LogP contribution in [0.25, 0.3) is 4.96 Å². The van der Waals surface area contributed by atoms with Crippen LogP contribution in [0.4, 0.5) is 0 Å². The summed E-state index contributed by atoms with van der Waals surface area (Å²) in [5, 5.41) is 12.0. The van der Waals surface area contributed by atoms with E-state index in [4.69, 9.17) is 27.9 Å². The van der Waals surface area contributed by atoms with E-state index >= 15 is 0 Å². The van der Waals surface area contributed by atoms with Crippen LogP contribution < -0.4 is 10.3 Å². The first-order chi connectivity index (χ1) is 14.5. The first-order valence-electron chi connectivity index (χ1n) is 8.74. The second-order valence-electron chi connectivity index (χ2n) is 6.09.